The molecule has 1 N–H and O–H groups in total. The summed E-state index contributed by atoms with van der Waals surface area (Å²) < 4.78 is 3.09. The van der Waals surface area contributed by atoms with Gasteiger partial charge in [0.25, 0.3) is 0 Å². The van der Waals surface area contributed by atoms with Gasteiger partial charge >= 0.3 is 6.03 Å². The molecule has 1 aromatic carbocycles. The van der Waals surface area contributed by atoms with Gasteiger partial charge in [0.2, 0.25) is 0 Å². The summed E-state index contributed by atoms with van der Waals surface area (Å²) in [6.45, 7) is 3.62. The number of nitrogens with one attached hydrogen (secondary N) is 1. The molecule has 104 valence electrons. The number of urea groups is 1. The van der Waals surface area contributed by atoms with Crippen LogP contribution in [-0.4, -0.2) is 22.0 Å². The third kappa shape index (κ3) is 2.33. The van der Waals surface area contributed by atoms with Gasteiger partial charge in [-0.2, -0.15) is 0 Å². The Morgan fingerprint density at radius 1 is 1.25 bits per heavy atom. The van der Waals surface area contributed by atoms with Crippen molar-refractivity contribution in [2.45, 2.75) is 19.5 Å². The summed E-state index contributed by atoms with van der Waals surface area (Å²) in [5, 5.41) is 2.96. The van der Waals surface area contributed by atoms with E-state index in [0.29, 0.717) is 0 Å². The van der Waals surface area contributed by atoms with Gasteiger partial charge in [0.15, 0.2) is 0 Å². The smallest absolute Gasteiger partial charge is 0.322 e. The zero-order valence-electron chi connectivity index (χ0n) is 11.2. The molecule has 0 saturated heterocycles. The Morgan fingerprint density at radius 2 is 2.05 bits per heavy atom. The number of hydrogen-bond donors (Lipinski definition) is 1. The predicted molar refractivity (Wildman–Crippen MR) is 82.7 cm³/mol. The Labute approximate surface area is 126 Å². The number of fused-ring (bicyclic) bond motifs is 1. The molecule has 2 heterocycles. The van der Waals surface area contributed by atoms with Gasteiger partial charge in [0, 0.05) is 29.5 Å². The maximum atomic E-state index is 12.4. The molecular weight excluding hydrogens is 318 g/mol. The van der Waals surface area contributed by atoms with Crippen molar-refractivity contribution in [2.24, 2.45) is 0 Å². The molecule has 1 aromatic heterocycles. The number of nitrogens with zero attached hydrogens (tertiary/aromatic N) is 2. The molecule has 0 fully saturated rings. The molecule has 0 radical (unpaired) electrons. The van der Waals surface area contributed by atoms with E-state index in [1.807, 2.05) is 35.2 Å². The molecule has 5 heteroatoms. The monoisotopic (exact) mass is 333 g/mol. The minimum Gasteiger partial charge on any atom is -0.348 e. The number of carbonyl (C=O) groups excluding carboxylic acids is 1. The molecule has 1 atom stereocenters. The highest BCUT2D eigenvalue weighted by Crippen LogP contribution is 2.27. The summed E-state index contributed by atoms with van der Waals surface area (Å²) in [6, 6.07) is 11.8. The number of halogens is 1. The minimum absolute atomic E-state index is 0.0585. The van der Waals surface area contributed by atoms with Crippen LogP contribution in [0.5, 0.6) is 0 Å². The first-order valence-corrected chi connectivity index (χ1v) is 7.43. The lowest BCUT2D eigenvalue weighted by Gasteiger charge is -2.34. The Balaban J connectivity index is 1.77. The molecular formula is C15H16BrN3O. The van der Waals surface area contributed by atoms with E-state index < -0.39 is 0 Å². The molecule has 4 nitrogen and oxygen atoms in total. The quantitative estimate of drug-likeness (QED) is 0.845. The molecule has 2 amide bonds. The van der Waals surface area contributed by atoms with Crippen LogP contribution in [0.25, 0.3) is 0 Å². The lowest BCUT2D eigenvalue weighted by Crippen LogP contribution is -2.43. The number of anilines is 1. The zero-order valence-corrected chi connectivity index (χ0v) is 12.8. The number of benzene rings is 1. The fourth-order valence-corrected chi connectivity index (χ4v) is 2.99. The largest absolute Gasteiger partial charge is 0.348 e. The number of para-hydroxylation sites is 1. The standard InChI is InChI=1S/C15H16BrN3O/c1-11-14-7-4-8-18(14)9-10-19(11)15(20)17-13-6-3-2-5-12(13)16/h2-8,11H,9-10H2,1H3,(H,17,20)/t11-/m1/s1. The number of carbonyl (C=O) groups is 1. The van der Waals surface area contributed by atoms with E-state index in [1.165, 1.54) is 5.69 Å². The highest BCUT2D eigenvalue weighted by atomic mass is 79.9. The summed E-state index contributed by atoms with van der Waals surface area (Å²) in [5.41, 5.74) is 1.98. The number of rotatable bonds is 1. The Bertz CT molecular complexity index is 638. The van der Waals surface area contributed by atoms with E-state index in [-0.39, 0.29) is 12.1 Å². The summed E-state index contributed by atoms with van der Waals surface area (Å²) >= 11 is 3.45. The third-order valence-corrected chi connectivity index (χ3v) is 4.41. The SMILES string of the molecule is C[C@@H]1c2cccn2CCN1C(=O)Nc1ccccc1Br. The van der Waals surface area contributed by atoms with Crippen LogP contribution < -0.4 is 5.32 Å². The van der Waals surface area contributed by atoms with Crippen molar-refractivity contribution in [2.75, 3.05) is 11.9 Å². The molecule has 2 aromatic rings. The van der Waals surface area contributed by atoms with E-state index in [4.69, 9.17) is 0 Å². The average molecular weight is 334 g/mol. The van der Waals surface area contributed by atoms with Gasteiger partial charge in [-0.05, 0) is 47.1 Å². The Hall–Kier alpha value is -1.75. The van der Waals surface area contributed by atoms with Gasteiger partial charge in [-0.15, -0.1) is 0 Å². The van der Waals surface area contributed by atoms with Crippen LogP contribution in [-0.2, 0) is 6.54 Å². The van der Waals surface area contributed by atoms with Crippen LogP contribution in [0.3, 0.4) is 0 Å². The second-order valence-electron chi connectivity index (χ2n) is 4.91. The van der Waals surface area contributed by atoms with Crippen molar-refractivity contribution in [1.29, 1.82) is 0 Å². The Kier molecular flexibility index (Phi) is 3.53. The lowest BCUT2D eigenvalue weighted by atomic mass is 10.1. The van der Waals surface area contributed by atoms with E-state index >= 15 is 0 Å². The van der Waals surface area contributed by atoms with Gasteiger partial charge in [-0.25, -0.2) is 4.79 Å². The second-order valence-corrected chi connectivity index (χ2v) is 5.76. The molecule has 20 heavy (non-hydrogen) atoms. The number of aromatic nitrogens is 1. The second kappa shape index (κ2) is 5.32. The van der Waals surface area contributed by atoms with E-state index in [0.717, 1.165) is 23.2 Å². The summed E-state index contributed by atoms with van der Waals surface area (Å²) in [7, 11) is 0. The van der Waals surface area contributed by atoms with Crippen LogP contribution in [0.4, 0.5) is 10.5 Å². The van der Waals surface area contributed by atoms with Crippen LogP contribution in [0, 0.1) is 0 Å². The first kappa shape index (κ1) is 13.2. The Morgan fingerprint density at radius 3 is 2.85 bits per heavy atom. The van der Waals surface area contributed by atoms with Gasteiger partial charge in [0.05, 0.1) is 11.7 Å². The normalized spacial score (nSPS) is 17.7. The zero-order chi connectivity index (χ0) is 14.1. The topological polar surface area (TPSA) is 37.3 Å². The molecule has 3 rings (SSSR count). The summed E-state index contributed by atoms with van der Waals surface area (Å²) in [5.74, 6) is 0. The molecule has 0 aliphatic carbocycles. The summed E-state index contributed by atoms with van der Waals surface area (Å²) in [6.07, 6.45) is 2.06. The molecule has 0 unspecified atom stereocenters. The minimum atomic E-state index is -0.0585. The van der Waals surface area contributed by atoms with Crippen LogP contribution in [0.2, 0.25) is 0 Å². The first-order valence-electron chi connectivity index (χ1n) is 6.64. The molecule has 0 saturated carbocycles. The maximum absolute atomic E-state index is 12.4. The van der Waals surface area contributed by atoms with Crippen molar-refractivity contribution in [3.63, 3.8) is 0 Å². The molecule has 0 bridgehead atoms. The fourth-order valence-electron chi connectivity index (χ4n) is 2.61. The van der Waals surface area contributed by atoms with Crippen LogP contribution in [0.15, 0.2) is 47.1 Å². The molecule has 0 spiro atoms. The van der Waals surface area contributed by atoms with Crippen molar-refractivity contribution >= 4 is 27.6 Å². The van der Waals surface area contributed by atoms with Crippen molar-refractivity contribution in [3.8, 4) is 0 Å². The van der Waals surface area contributed by atoms with E-state index in [9.17, 15) is 4.79 Å². The fraction of sp³-hybridized carbons (Fsp3) is 0.267. The highest BCUT2D eigenvalue weighted by molar-refractivity contribution is 9.10. The van der Waals surface area contributed by atoms with Crippen molar-refractivity contribution < 1.29 is 4.79 Å². The van der Waals surface area contributed by atoms with Gasteiger partial charge in [-0.1, -0.05) is 12.1 Å². The van der Waals surface area contributed by atoms with E-state index in [1.54, 1.807) is 0 Å². The number of amides is 2. The number of hydrogen-bond acceptors (Lipinski definition) is 1. The van der Waals surface area contributed by atoms with Crippen LogP contribution >= 0.6 is 15.9 Å². The van der Waals surface area contributed by atoms with E-state index in [2.05, 4.69) is 45.0 Å². The third-order valence-electron chi connectivity index (χ3n) is 3.72. The van der Waals surface area contributed by atoms with Gasteiger partial charge in [-0.3, -0.25) is 0 Å². The molecule has 1 aliphatic rings. The lowest BCUT2D eigenvalue weighted by molar-refractivity contribution is 0.175. The summed E-state index contributed by atoms with van der Waals surface area (Å²) in [4.78, 5) is 14.3. The maximum Gasteiger partial charge on any atom is 0.322 e. The highest BCUT2D eigenvalue weighted by Gasteiger charge is 2.27. The molecule has 1 aliphatic heterocycles. The van der Waals surface area contributed by atoms with Crippen LogP contribution in [0.1, 0.15) is 18.7 Å². The van der Waals surface area contributed by atoms with Crippen molar-refractivity contribution in [1.82, 2.24) is 9.47 Å². The van der Waals surface area contributed by atoms with Gasteiger partial charge in [0.1, 0.15) is 0 Å². The van der Waals surface area contributed by atoms with Gasteiger partial charge < -0.3 is 14.8 Å². The predicted octanol–water partition coefficient (Wildman–Crippen LogP) is 3.86. The first-order chi connectivity index (χ1) is 9.66. The average Bonchev–Trinajstić information content (AvgIpc) is 2.91. The van der Waals surface area contributed by atoms with Crippen molar-refractivity contribution in [3.05, 3.63) is 52.8 Å².